The van der Waals surface area contributed by atoms with E-state index in [4.69, 9.17) is 0 Å². The van der Waals surface area contributed by atoms with Crippen molar-refractivity contribution in [2.24, 2.45) is 5.92 Å². The molecule has 21 heavy (non-hydrogen) atoms. The van der Waals surface area contributed by atoms with Crippen LogP contribution in [0.3, 0.4) is 0 Å². The zero-order chi connectivity index (χ0) is 15.6. The molecule has 0 bridgehead atoms. The van der Waals surface area contributed by atoms with Gasteiger partial charge in [-0.05, 0) is 57.7 Å². The number of nitrogens with one attached hydrogen (secondary N) is 1. The number of nitrogens with zero attached hydrogens (tertiary/aromatic N) is 1. The molecule has 1 aliphatic carbocycles. The predicted octanol–water partition coefficient (Wildman–Crippen LogP) is 2.98. The topological polar surface area (TPSA) is 49.4 Å². The van der Waals surface area contributed by atoms with Gasteiger partial charge in [-0.15, -0.1) is 11.3 Å². The van der Waals surface area contributed by atoms with Crippen LogP contribution in [0.25, 0.3) is 0 Å². The molecule has 0 saturated heterocycles. The Morgan fingerprint density at radius 1 is 1.43 bits per heavy atom. The van der Waals surface area contributed by atoms with Crippen LogP contribution in [0.4, 0.5) is 0 Å². The second kappa shape index (κ2) is 6.77. The van der Waals surface area contributed by atoms with Crippen LogP contribution < -0.4 is 5.32 Å². The average Bonchev–Trinajstić information content (AvgIpc) is 3.15. The van der Waals surface area contributed by atoms with Gasteiger partial charge in [-0.25, -0.2) is 8.42 Å². The zero-order valence-electron chi connectivity index (χ0n) is 13.3. The summed E-state index contributed by atoms with van der Waals surface area (Å²) in [6.45, 7) is 10.3. The van der Waals surface area contributed by atoms with Gasteiger partial charge in [-0.3, -0.25) is 0 Å². The van der Waals surface area contributed by atoms with Gasteiger partial charge >= 0.3 is 0 Å². The maximum absolute atomic E-state index is 12.9. The third kappa shape index (κ3) is 4.06. The van der Waals surface area contributed by atoms with E-state index in [1.54, 1.807) is 4.31 Å². The molecular weight excluding hydrogens is 304 g/mol. The summed E-state index contributed by atoms with van der Waals surface area (Å²) in [5.41, 5.74) is 1.06. The summed E-state index contributed by atoms with van der Waals surface area (Å²) in [5, 5.41) is 3.27. The van der Waals surface area contributed by atoms with Crippen molar-refractivity contribution < 1.29 is 8.42 Å². The van der Waals surface area contributed by atoms with Gasteiger partial charge < -0.3 is 5.32 Å². The summed E-state index contributed by atoms with van der Waals surface area (Å²) in [4.78, 5) is 1.12. The zero-order valence-corrected chi connectivity index (χ0v) is 15.0. The average molecular weight is 331 g/mol. The van der Waals surface area contributed by atoms with Crippen LogP contribution >= 0.6 is 11.3 Å². The van der Waals surface area contributed by atoms with Crippen molar-refractivity contribution in [3.8, 4) is 0 Å². The maximum Gasteiger partial charge on any atom is 0.252 e. The number of aryl methyl sites for hydroxylation is 1. The molecule has 4 nitrogen and oxygen atoms in total. The van der Waals surface area contributed by atoms with E-state index in [2.05, 4.69) is 12.2 Å². The van der Waals surface area contributed by atoms with Gasteiger partial charge in [0.15, 0.2) is 0 Å². The molecule has 1 aromatic heterocycles. The molecule has 0 spiro atoms. The second-order valence-corrected chi connectivity index (χ2v) is 9.32. The number of hydrogen-bond acceptors (Lipinski definition) is 4. The van der Waals surface area contributed by atoms with E-state index in [0.717, 1.165) is 36.4 Å². The first-order chi connectivity index (χ1) is 9.86. The molecule has 0 aliphatic heterocycles. The summed E-state index contributed by atoms with van der Waals surface area (Å²) >= 11 is 1.41. The van der Waals surface area contributed by atoms with Crippen molar-refractivity contribution in [1.82, 2.24) is 9.62 Å². The SMILES string of the molecule is CCNCc1sc(S(=O)(=O)N(CC2CC2)C(C)C)cc1C. The third-order valence-electron chi connectivity index (χ3n) is 3.81. The molecule has 1 saturated carbocycles. The largest absolute Gasteiger partial charge is 0.312 e. The van der Waals surface area contributed by atoms with Crippen molar-refractivity contribution in [2.45, 2.75) is 57.3 Å². The fourth-order valence-corrected chi connectivity index (χ4v) is 5.69. The normalized spacial score (nSPS) is 16.1. The lowest BCUT2D eigenvalue weighted by molar-refractivity contribution is 0.342. The Morgan fingerprint density at radius 2 is 2.10 bits per heavy atom. The summed E-state index contributed by atoms with van der Waals surface area (Å²) in [6.07, 6.45) is 2.32. The highest BCUT2D eigenvalue weighted by Crippen LogP contribution is 2.34. The summed E-state index contributed by atoms with van der Waals surface area (Å²) < 4.78 is 27.9. The van der Waals surface area contributed by atoms with Gasteiger partial charge in [0.1, 0.15) is 4.21 Å². The van der Waals surface area contributed by atoms with Gasteiger partial charge in [0.2, 0.25) is 0 Å². The Kier molecular flexibility index (Phi) is 5.46. The second-order valence-electron chi connectivity index (χ2n) is 6.06. The number of sulfonamides is 1. The van der Waals surface area contributed by atoms with Gasteiger partial charge in [0, 0.05) is 24.0 Å². The highest BCUT2D eigenvalue weighted by molar-refractivity contribution is 7.91. The fraction of sp³-hybridized carbons (Fsp3) is 0.733. The van der Waals surface area contributed by atoms with E-state index >= 15 is 0 Å². The summed E-state index contributed by atoms with van der Waals surface area (Å²) in [5.74, 6) is 0.560. The quantitative estimate of drug-likeness (QED) is 0.797. The van der Waals surface area contributed by atoms with Crippen molar-refractivity contribution in [1.29, 1.82) is 0 Å². The van der Waals surface area contributed by atoms with Crippen LogP contribution in [0.1, 0.15) is 44.1 Å². The molecule has 0 aromatic carbocycles. The minimum absolute atomic E-state index is 0.00947. The first-order valence-electron chi connectivity index (χ1n) is 7.68. The highest BCUT2D eigenvalue weighted by Gasteiger charge is 2.34. The third-order valence-corrected chi connectivity index (χ3v) is 7.54. The van der Waals surface area contributed by atoms with Crippen LogP contribution in [-0.2, 0) is 16.6 Å². The molecule has 2 rings (SSSR count). The van der Waals surface area contributed by atoms with Gasteiger partial charge in [-0.2, -0.15) is 4.31 Å². The molecular formula is C15H26N2O2S2. The first-order valence-corrected chi connectivity index (χ1v) is 9.93. The lowest BCUT2D eigenvalue weighted by Gasteiger charge is -2.25. The Morgan fingerprint density at radius 3 is 2.62 bits per heavy atom. The molecule has 120 valence electrons. The highest BCUT2D eigenvalue weighted by atomic mass is 32.2. The molecule has 1 aliphatic rings. The molecule has 1 N–H and O–H groups in total. The Labute approximate surface area is 132 Å². The Hall–Kier alpha value is -0.430. The standard InChI is InChI=1S/C15H26N2O2S2/c1-5-16-9-14-12(4)8-15(20-14)21(18,19)17(11(2)3)10-13-6-7-13/h8,11,13,16H,5-7,9-10H2,1-4H3. The maximum atomic E-state index is 12.9. The Balaban J connectivity index is 2.24. The fourth-order valence-electron chi connectivity index (χ4n) is 2.29. The smallest absolute Gasteiger partial charge is 0.252 e. The van der Waals surface area contributed by atoms with E-state index in [1.165, 1.54) is 11.3 Å². The van der Waals surface area contributed by atoms with Crippen LogP contribution in [0, 0.1) is 12.8 Å². The number of rotatable bonds is 8. The van der Waals surface area contributed by atoms with Gasteiger partial charge in [0.25, 0.3) is 10.0 Å². The van der Waals surface area contributed by atoms with E-state index in [1.807, 2.05) is 26.8 Å². The van der Waals surface area contributed by atoms with Gasteiger partial charge in [0.05, 0.1) is 0 Å². The van der Waals surface area contributed by atoms with Crippen molar-refractivity contribution in [3.05, 3.63) is 16.5 Å². The van der Waals surface area contributed by atoms with Crippen molar-refractivity contribution in [3.63, 3.8) is 0 Å². The summed E-state index contributed by atoms with van der Waals surface area (Å²) in [6, 6.07) is 1.84. The molecule has 1 heterocycles. The predicted molar refractivity (Wildman–Crippen MR) is 88.2 cm³/mol. The molecule has 0 atom stereocenters. The summed E-state index contributed by atoms with van der Waals surface area (Å²) in [7, 11) is -3.36. The van der Waals surface area contributed by atoms with E-state index in [0.29, 0.717) is 16.7 Å². The minimum Gasteiger partial charge on any atom is -0.312 e. The molecule has 1 fully saturated rings. The molecule has 1 aromatic rings. The van der Waals surface area contributed by atoms with Crippen LogP contribution in [-0.4, -0.2) is 31.9 Å². The monoisotopic (exact) mass is 330 g/mol. The van der Waals surface area contributed by atoms with Crippen LogP contribution in [0.15, 0.2) is 10.3 Å². The minimum atomic E-state index is -3.36. The lowest BCUT2D eigenvalue weighted by atomic mass is 10.3. The molecule has 0 amide bonds. The van der Waals surface area contributed by atoms with Crippen LogP contribution in [0.2, 0.25) is 0 Å². The first kappa shape index (κ1) is 16.9. The Bertz CT molecular complexity index is 574. The van der Waals surface area contributed by atoms with E-state index in [9.17, 15) is 8.42 Å². The van der Waals surface area contributed by atoms with E-state index in [-0.39, 0.29) is 6.04 Å². The number of hydrogen-bond donors (Lipinski definition) is 1. The number of thiophene rings is 1. The molecule has 0 radical (unpaired) electrons. The van der Waals surface area contributed by atoms with Crippen molar-refractivity contribution >= 4 is 21.4 Å². The molecule has 6 heteroatoms. The van der Waals surface area contributed by atoms with E-state index < -0.39 is 10.0 Å². The van der Waals surface area contributed by atoms with Gasteiger partial charge in [-0.1, -0.05) is 6.92 Å². The molecule has 0 unspecified atom stereocenters. The van der Waals surface area contributed by atoms with Crippen LogP contribution in [0.5, 0.6) is 0 Å². The lowest BCUT2D eigenvalue weighted by Crippen LogP contribution is -2.38. The van der Waals surface area contributed by atoms with Crippen molar-refractivity contribution in [2.75, 3.05) is 13.1 Å².